The van der Waals surface area contributed by atoms with Gasteiger partial charge in [0.1, 0.15) is 0 Å². The van der Waals surface area contributed by atoms with E-state index in [1.165, 1.54) is 12.1 Å². The maximum absolute atomic E-state index is 12.6. The molecule has 0 aliphatic carbocycles. The summed E-state index contributed by atoms with van der Waals surface area (Å²) < 4.78 is 63.0. The van der Waals surface area contributed by atoms with Crippen LogP contribution in [0.3, 0.4) is 0 Å². The standard InChI is InChI=1S/C16H25F3N4O2S/c1-4-20-15(21-10-11-22-26(24,25)5-2)23(3)12-13-6-8-14(9-7-13)16(17,18)19/h6-9,22H,4-5,10-12H2,1-3H3,(H,20,21). The van der Waals surface area contributed by atoms with E-state index in [1.54, 1.807) is 18.9 Å². The van der Waals surface area contributed by atoms with Crippen LogP contribution >= 0.6 is 0 Å². The van der Waals surface area contributed by atoms with Crippen molar-refractivity contribution in [2.75, 3.05) is 32.4 Å². The number of rotatable bonds is 8. The lowest BCUT2D eigenvalue weighted by Crippen LogP contribution is -2.39. The van der Waals surface area contributed by atoms with Crippen LogP contribution in [0.2, 0.25) is 0 Å². The molecule has 1 aromatic carbocycles. The summed E-state index contributed by atoms with van der Waals surface area (Å²) in [5.41, 5.74) is 0.0190. The zero-order valence-corrected chi connectivity index (χ0v) is 15.9. The molecule has 0 radical (unpaired) electrons. The largest absolute Gasteiger partial charge is 0.416 e. The number of guanidine groups is 1. The molecular formula is C16H25F3N4O2S. The van der Waals surface area contributed by atoms with E-state index in [1.807, 2.05) is 6.92 Å². The highest BCUT2D eigenvalue weighted by molar-refractivity contribution is 7.89. The van der Waals surface area contributed by atoms with E-state index < -0.39 is 21.8 Å². The van der Waals surface area contributed by atoms with E-state index in [0.29, 0.717) is 24.6 Å². The summed E-state index contributed by atoms with van der Waals surface area (Å²) in [4.78, 5) is 6.09. The van der Waals surface area contributed by atoms with Crippen molar-refractivity contribution in [1.29, 1.82) is 0 Å². The molecule has 0 bridgehead atoms. The summed E-state index contributed by atoms with van der Waals surface area (Å²) in [5.74, 6) is 0.549. The normalized spacial score (nSPS) is 12.9. The number of sulfonamides is 1. The van der Waals surface area contributed by atoms with E-state index >= 15 is 0 Å². The van der Waals surface area contributed by atoms with Gasteiger partial charge in [0.15, 0.2) is 5.96 Å². The van der Waals surface area contributed by atoms with Crippen LogP contribution in [0.5, 0.6) is 0 Å². The lowest BCUT2D eigenvalue weighted by atomic mass is 10.1. The van der Waals surface area contributed by atoms with E-state index in [9.17, 15) is 21.6 Å². The van der Waals surface area contributed by atoms with Crippen LogP contribution in [0, 0.1) is 0 Å². The van der Waals surface area contributed by atoms with E-state index in [4.69, 9.17) is 0 Å². The molecule has 0 atom stereocenters. The second-order valence-corrected chi connectivity index (χ2v) is 7.68. The number of hydrogen-bond donors (Lipinski definition) is 2. The topological polar surface area (TPSA) is 73.8 Å². The van der Waals surface area contributed by atoms with E-state index in [-0.39, 0.29) is 18.8 Å². The Morgan fingerprint density at radius 3 is 2.31 bits per heavy atom. The lowest BCUT2D eigenvalue weighted by Gasteiger charge is -2.22. The predicted molar refractivity (Wildman–Crippen MR) is 96.4 cm³/mol. The Labute approximate surface area is 152 Å². The highest BCUT2D eigenvalue weighted by Crippen LogP contribution is 2.29. The van der Waals surface area contributed by atoms with Gasteiger partial charge >= 0.3 is 6.18 Å². The average molecular weight is 394 g/mol. The molecule has 0 unspecified atom stereocenters. The zero-order valence-electron chi connectivity index (χ0n) is 15.1. The molecule has 0 fully saturated rings. The maximum atomic E-state index is 12.6. The quantitative estimate of drug-likeness (QED) is 0.402. The van der Waals surface area contributed by atoms with Crippen LogP contribution in [-0.4, -0.2) is 51.7 Å². The smallest absolute Gasteiger partial charge is 0.357 e. The van der Waals surface area contributed by atoms with Crippen molar-refractivity contribution in [2.45, 2.75) is 26.6 Å². The maximum Gasteiger partial charge on any atom is 0.416 e. The second kappa shape index (κ2) is 9.77. The van der Waals surface area contributed by atoms with Crippen LogP contribution in [0.1, 0.15) is 25.0 Å². The summed E-state index contributed by atoms with van der Waals surface area (Å²) in [6.07, 6.45) is -4.35. The first-order chi connectivity index (χ1) is 12.1. The van der Waals surface area contributed by atoms with Crippen LogP contribution in [0.4, 0.5) is 13.2 Å². The zero-order chi connectivity index (χ0) is 19.8. The molecule has 0 amide bonds. The molecule has 0 saturated carbocycles. The molecule has 148 valence electrons. The molecule has 0 spiro atoms. The van der Waals surface area contributed by atoms with E-state index in [2.05, 4.69) is 15.0 Å². The van der Waals surface area contributed by atoms with Crippen LogP contribution in [0.25, 0.3) is 0 Å². The van der Waals surface area contributed by atoms with Crippen molar-refractivity contribution in [3.8, 4) is 0 Å². The van der Waals surface area contributed by atoms with Gasteiger partial charge in [0.25, 0.3) is 0 Å². The molecule has 0 aromatic heterocycles. The molecular weight excluding hydrogens is 369 g/mol. The fraction of sp³-hybridized carbons (Fsp3) is 0.562. The van der Waals surface area contributed by atoms with Crippen molar-refractivity contribution < 1.29 is 21.6 Å². The molecule has 6 nitrogen and oxygen atoms in total. The Balaban J connectivity index is 2.69. The predicted octanol–water partition coefficient (Wildman–Crippen LogP) is 2.04. The van der Waals surface area contributed by atoms with Gasteiger partial charge in [-0.05, 0) is 31.5 Å². The Hall–Kier alpha value is -1.81. The first-order valence-electron chi connectivity index (χ1n) is 8.22. The lowest BCUT2D eigenvalue weighted by molar-refractivity contribution is -0.137. The molecule has 0 aliphatic heterocycles. The number of nitrogens with one attached hydrogen (secondary N) is 2. The van der Waals surface area contributed by atoms with Gasteiger partial charge < -0.3 is 10.2 Å². The third-order valence-electron chi connectivity index (χ3n) is 3.47. The summed E-state index contributed by atoms with van der Waals surface area (Å²) in [7, 11) is -1.50. The Morgan fingerprint density at radius 2 is 1.81 bits per heavy atom. The molecule has 0 heterocycles. The number of nitrogens with zero attached hydrogens (tertiary/aromatic N) is 2. The van der Waals surface area contributed by atoms with Crippen LogP contribution in [-0.2, 0) is 22.7 Å². The SMILES string of the molecule is CCNC(=NCCNS(=O)(=O)CC)N(C)Cc1ccc(C(F)(F)F)cc1. The van der Waals surface area contributed by atoms with Crippen LogP contribution in [0.15, 0.2) is 29.3 Å². The van der Waals surface area contributed by atoms with Crippen molar-refractivity contribution >= 4 is 16.0 Å². The third-order valence-corrected chi connectivity index (χ3v) is 4.88. The number of alkyl halides is 3. The molecule has 10 heteroatoms. The van der Waals surface area contributed by atoms with E-state index in [0.717, 1.165) is 12.1 Å². The van der Waals surface area contributed by atoms with Gasteiger partial charge in [-0.25, -0.2) is 13.1 Å². The third kappa shape index (κ3) is 7.61. The first kappa shape index (κ1) is 22.2. The second-order valence-electron chi connectivity index (χ2n) is 5.58. The summed E-state index contributed by atoms with van der Waals surface area (Å²) in [6.45, 7) is 4.84. The van der Waals surface area contributed by atoms with Gasteiger partial charge in [0.05, 0.1) is 17.9 Å². The Bertz CT molecular complexity index is 688. The summed E-state index contributed by atoms with van der Waals surface area (Å²) >= 11 is 0. The first-order valence-corrected chi connectivity index (χ1v) is 9.87. The molecule has 0 aliphatic rings. The summed E-state index contributed by atoms with van der Waals surface area (Å²) in [5, 5.41) is 3.07. The molecule has 2 N–H and O–H groups in total. The van der Waals surface area contributed by atoms with Crippen molar-refractivity contribution in [1.82, 2.24) is 14.9 Å². The number of benzene rings is 1. The minimum atomic E-state index is -4.35. The monoisotopic (exact) mass is 394 g/mol. The van der Waals surface area contributed by atoms with Gasteiger partial charge in [-0.1, -0.05) is 12.1 Å². The van der Waals surface area contributed by atoms with Gasteiger partial charge in [-0.3, -0.25) is 4.99 Å². The fourth-order valence-corrected chi connectivity index (χ4v) is 2.69. The van der Waals surface area contributed by atoms with Crippen molar-refractivity contribution in [3.05, 3.63) is 35.4 Å². The number of halogens is 3. The Morgan fingerprint density at radius 1 is 1.19 bits per heavy atom. The molecule has 0 saturated heterocycles. The molecule has 26 heavy (non-hydrogen) atoms. The molecule has 1 aromatic rings. The highest BCUT2D eigenvalue weighted by atomic mass is 32.2. The van der Waals surface area contributed by atoms with Gasteiger partial charge in [-0.15, -0.1) is 0 Å². The van der Waals surface area contributed by atoms with Crippen molar-refractivity contribution in [3.63, 3.8) is 0 Å². The van der Waals surface area contributed by atoms with Gasteiger partial charge in [0, 0.05) is 26.7 Å². The fourth-order valence-electron chi connectivity index (χ4n) is 2.08. The minimum Gasteiger partial charge on any atom is -0.357 e. The summed E-state index contributed by atoms with van der Waals surface area (Å²) in [6, 6.07) is 4.95. The molecule has 1 rings (SSSR count). The number of hydrogen-bond acceptors (Lipinski definition) is 3. The Kier molecular flexibility index (Phi) is 8.35. The van der Waals surface area contributed by atoms with Crippen LogP contribution < -0.4 is 10.0 Å². The van der Waals surface area contributed by atoms with Gasteiger partial charge in [0.2, 0.25) is 10.0 Å². The number of aliphatic imine (C=N–C) groups is 1. The minimum absolute atomic E-state index is 0.00457. The van der Waals surface area contributed by atoms with Crippen molar-refractivity contribution in [2.24, 2.45) is 4.99 Å². The average Bonchev–Trinajstić information content (AvgIpc) is 2.57. The highest BCUT2D eigenvalue weighted by Gasteiger charge is 2.29. The van der Waals surface area contributed by atoms with Gasteiger partial charge in [-0.2, -0.15) is 13.2 Å².